The maximum absolute atomic E-state index is 5.91. The van der Waals surface area contributed by atoms with Gasteiger partial charge in [0.1, 0.15) is 5.82 Å². The van der Waals surface area contributed by atoms with Crippen LogP contribution in [0.5, 0.6) is 0 Å². The van der Waals surface area contributed by atoms with Crippen LogP contribution in [0.2, 0.25) is 0 Å². The number of aromatic nitrogens is 3. The molecule has 0 radical (unpaired) electrons. The molecule has 0 aromatic carbocycles. The van der Waals surface area contributed by atoms with Crippen LogP contribution in [0.25, 0.3) is 0 Å². The Bertz CT molecular complexity index is 353. The van der Waals surface area contributed by atoms with Gasteiger partial charge >= 0.3 is 0 Å². The third kappa shape index (κ3) is 1.66. The van der Waals surface area contributed by atoms with Gasteiger partial charge in [-0.25, -0.2) is 9.67 Å². The van der Waals surface area contributed by atoms with E-state index in [9.17, 15) is 0 Å². The number of aryl methyl sites for hydroxylation is 1. The monoisotopic (exact) mass is 207 g/mol. The van der Waals surface area contributed by atoms with Gasteiger partial charge in [0.25, 0.3) is 0 Å². The summed E-state index contributed by atoms with van der Waals surface area (Å²) in [6.07, 6.45) is 3.19. The predicted molar refractivity (Wildman–Crippen MR) is 56.5 cm³/mol. The van der Waals surface area contributed by atoms with E-state index in [-0.39, 0.29) is 6.04 Å². The van der Waals surface area contributed by atoms with Gasteiger partial charge in [0.05, 0.1) is 6.54 Å². The zero-order valence-electron chi connectivity index (χ0n) is 8.82. The van der Waals surface area contributed by atoms with Crippen molar-refractivity contribution in [1.82, 2.24) is 20.1 Å². The van der Waals surface area contributed by atoms with Crippen molar-refractivity contribution < 1.29 is 0 Å². The van der Waals surface area contributed by atoms with Crippen molar-refractivity contribution >= 4 is 0 Å². The maximum atomic E-state index is 5.91. The zero-order valence-corrected chi connectivity index (χ0v) is 8.82. The number of hydrogen-bond donors (Lipinski definition) is 2. The Hall–Kier alpha value is -0.940. The highest BCUT2D eigenvalue weighted by molar-refractivity contribution is 5.04. The van der Waals surface area contributed by atoms with Gasteiger partial charge in [-0.3, -0.25) is 0 Å². The minimum absolute atomic E-state index is 0.258. The molecule has 5 nitrogen and oxygen atoms in total. The summed E-state index contributed by atoms with van der Waals surface area (Å²) < 4.78 is 2.00. The summed E-state index contributed by atoms with van der Waals surface area (Å²) in [4.78, 5) is 4.62. The summed E-state index contributed by atoms with van der Waals surface area (Å²) in [5.41, 5.74) is 5.91. The van der Waals surface area contributed by atoms with E-state index in [1.54, 1.807) is 0 Å². The van der Waals surface area contributed by atoms with E-state index < -0.39 is 0 Å². The Morgan fingerprint density at radius 1 is 1.40 bits per heavy atom. The van der Waals surface area contributed by atoms with Crippen LogP contribution in [0, 0.1) is 0 Å². The lowest BCUT2D eigenvalue weighted by Gasteiger charge is -2.17. The first-order valence-corrected chi connectivity index (χ1v) is 5.73. The molecule has 0 saturated carbocycles. The average molecular weight is 207 g/mol. The van der Waals surface area contributed by atoms with Crippen molar-refractivity contribution in [1.29, 1.82) is 0 Å². The first-order valence-electron chi connectivity index (χ1n) is 5.73. The Balaban J connectivity index is 1.85. The van der Waals surface area contributed by atoms with Crippen molar-refractivity contribution in [3.8, 4) is 0 Å². The topological polar surface area (TPSA) is 68.8 Å². The van der Waals surface area contributed by atoms with E-state index in [0.717, 1.165) is 50.5 Å². The fraction of sp³-hybridized carbons (Fsp3) is 0.800. The van der Waals surface area contributed by atoms with Crippen LogP contribution < -0.4 is 11.1 Å². The maximum Gasteiger partial charge on any atom is 0.155 e. The minimum Gasteiger partial charge on any atom is -0.326 e. The number of nitrogens with two attached hydrogens (primary N) is 1. The summed E-state index contributed by atoms with van der Waals surface area (Å²) in [7, 11) is 0. The molecule has 0 aliphatic carbocycles. The molecule has 15 heavy (non-hydrogen) atoms. The van der Waals surface area contributed by atoms with Crippen LogP contribution in [-0.2, 0) is 13.0 Å². The summed E-state index contributed by atoms with van der Waals surface area (Å²) in [5, 5.41) is 7.91. The number of rotatable bonds is 1. The van der Waals surface area contributed by atoms with Crippen molar-refractivity contribution in [2.75, 3.05) is 13.1 Å². The van der Waals surface area contributed by atoms with E-state index in [4.69, 9.17) is 5.73 Å². The minimum atomic E-state index is 0.258. The molecule has 1 fully saturated rings. The van der Waals surface area contributed by atoms with Crippen LogP contribution in [0.3, 0.4) is 0 Å². The number of hydrogen-bond acceptors (Lipinski definition) is 4. The fourth-order valence-electron chi connectivity index (χ4n) is 2.40. The molecule has 1 saturated heterocycles. The summed E-state index contributed by atoms with van der Waals surface area (Å²) in [6, 6.07) is 0.258. The lowest BCUT2D eigenvalue weighted by Crippen LogP contribution is -2.32. The van der Waals surface area contributed by atoms with E-state index in [2.05, 4.69) is 15.4 Å². The summed E-state index contributed by atoms with van der Waals surface area (Å²) >= 11 is 0. The van der Waals surface area contributed by atoms with Crippen LogP contribution in [0.15, 0.2) is 0 Å². The smallest absolute Gasteiger partial charge is 0.155 e. The molecule has 1 aromatic rings. The zero-order chi connectivity index (χ0) is 10.3. The number of fused-ring (bicyclic) bond motifs is 1. The van der Waals surface area contributed by atoms with Crippen LogP contribution in [-0.4, -0.2) is 33.9 Å². The normalized spacial score (nSPS) is 30.5. The molecule has 3 rings (SSSR count). The lowest BCUT2D eigenvalue weighted by molar-refractivity contribution is 0.420. The van der Waals surface area contributed by atoms with Gasteiger partial charge in [-0.1, -0.05) is 0 Å². The Morgan fingerprint density at radius 2 is 2.33 bits per heavy atom. The first kappa shape index (κ1) is 9.30. The SMILES string of the molecule is NC1CCc2nc(C3CCNC3)nn2C1. The van der Waals surface area contributed by atoms with Gasteiger partial charge < -0.3 is 11.1 Å². The largest absolute Gasteiger partial charge is 0.326 e. The fourth-order valence-corrected chi connectivity index (χ4v) is 2.40. The van der Waals surface area contributed by atoms with Crippen molar-refractivity contribution in [3.63, 3.8) is 0 Å². The molecule has 1 aromatic heterocycles. The highest BCUT2D eigenvalue weighted by atomic mass is 15.4. The highest BCUT2D eigenvalue weighted by Gasteiger charge is 2.24. The van der Waals surface area contributed by atoms with Crippen molar-refractivity contribution in [2.24, 2.45) is 5.73 Å². The van der Waals surface area contributed by atoms with Gasteiger partial charge in [0.15, 0.2) is 5.82 Å². The van der Waals surface area contributed by atoms with E-state index in [1.807, 2.05) is 4.68 Å². The van der Waals surface area contributed by atoms with Gasteiger partial charge in [-0.15, -0.1) is 0 Å². The molecule has 2 unspecified atom stereocenters. The van der Waals surface area contributed by atoms with E-state index >= 15 is 0 Å². The number of nitrogens with one attached hydrogen (secondary N) is 1. The van der Waals surface area contributed by atoms with E-state index in [1.165, 1.54) is 0 Å². The molecule has 5 heteroatoms. The van der Waals surface area contributed by atoms with Crippen LogP contribution in [0.4, 0.5) is 0 Å². The van der Waals surface area contributed by atoms with Gasteiger partial charge in [-0.2, -0.15) is 5.10 Å². The molecule has 2 aliphatic heterocycles. The average Bonchev–Trinajstić information content (AvgIpc) is 2.84. The Kier molecular flexibility index (Phi) is 2.21. The van der Waals surface area contributed by atoms with Gasteiger partial charge in [-0.05, 0) is 19.4 Å². The number of nitrogens with zero attached hydrogens (tertiary/aromatic N) is 3. The highest BCUT2D eigenvalue weighted by Crippen LogP contribution is 2.21. The van der Waals surface area contributed by atoms with Crippen LogP contribution >= 0.6 is 0 Å². The Labute approximate surface area is 89.1 Å². The molecular formula is C10H17N5. The second-order valence-corrected chi connectivity index (χ2v) is 4.56. The standard InChI is InChI=1S/C10H17N5/c11-8-1-2-9-13-10(14-15(9)6-8)7-3-4-12-5-7/h7-8,12H,1-6,11H2. The van der Waals surface area contributed by atoms with Crippen molar-refractivity contribution in [3.05, 3.63) is 11.6 Å². The molecule has 0 amide bonds. The second kappa shape index (κ2) is 3.57. The molecule has 2 atom stereocenters. The van der Waals surface area contributed by atoms with Crippen LogP contribution in [0.1, 0.15) is 30.4 Å². The quantitative estimate of drug-likeness (QED) is 0.659. The first-order chi connectivity index (χ1) is 7.33. The second-order valence-electron chi connectivity index (χ2n) is 4.56. The van der Waals surface area contributed by atoms with Gasteiger partial charge in [0.2, 0.25) is 0 Å². The third-order valence-electron chi connectivity index (χ3n) is 3.34. The van der Waals surface area contributed by atoms with E-state index in [0.29, 0.717) is 5.92 Å². The van der Waals surface area contributed by atoms with Gasteiger partial charge in [0, 0.05) is 24.9 Å². The van der Waals surface area contributed by atoms with Crippen molar-refractivity contribution in [2.45, 2.75) is 37.8 Å². The molecule has 3 N–H and O–H groups in total. The molecule has 0 bridgehead atoms. The third-order valence-corrected chi connectivity index (χ3v) is 3.34. The Morgan fingerprint density at radius 3 is 3.13 bits per heavy atom. The molecule has 0 spiro atoms. The molecule has 3 heterocycles. The lowest BCUT2D eigenvalue weighted by atomic mass is 10.1. The summed E-state index contributed by atoms with van der Waals surface area (Å²) in [5.74, 6) is 2.65. The predicted octanol–water partition coefficient (Wildman–Crippen LogP) is -0.372. The molecular weight excluding hydrogens is 190 g/mol. The molecule has 82 valence electrons. The summed E-state index contributed by atoms with van der Waals surface area (Å²) in [6.45, 7) is 2.95. The molecule has 2 aliphatic rings.